The third kappa shape index (κ3) is 3.37. The molecule has 8 heavy (non-hydrogen) atoms. The first-order valence-corrected chi connectivity index (χ1v) is 3.63. The monoisotopic (exact) mass is 157 g/mol. The number of rotatable bonds is 3. The van der Waals surface area contributed by atoms with Crippen molar-refractivity contribution in [3.63, 3.8) is 0 Å². The molecule has 0 heterocycles. The first kappa shape index (κ1) is 8.36. The van der Waals surface area contributed by atoms with Gasteiger partial charge in [-0.05, 0) is 18.2 Å². The zero-order chi connectivity index (χ0) is 6.57. The lowest BCUT2D eigenvalue weighted by atomic mass is 10.5. The second-order valence-corrected chi connectivity index (χ2v) is 2.78. The maximum atomic E-state index is 9.99. The van der Waals surface area contributed by atoms with Gasteiger partial charge in [0.2, 0.25) is 11.3 Å². The third-order valence-corrected chi connectivity index (χ3v) is 1.61. The van der Waals surface area contributed by atoms with Crippen molar-refractivity contribution in [2.24, 2.45) is 0 Å². The molecule has 3 nitrogen and oxygen atoms in total. The van der Waals surface area contributed by atoms with Crippen LogP contribution in [-0.4, -0.2) is 19.1 Å². The van der Waals surface area contributed by atoms with E-state index in [-0.39, 0.29) is 0 Å². The highest BCUT2D eigenvalue weighted by atomic mass is 35.5. The maximum Gasteiger partial charge on any atom is 0.249 e. The molecular weight excluding hydrogens is 150 g/mol. The SMILES string of the molecule is CCCN(Cl)S(=O)O. The summed E-state index contributed by atoms with van der Waals surface area (Å²) in [4.78, 5) is 0. The van der Waals surface area contributed by atoms with Crippen molar-refractivity contribution in [1.82, 2.24) is 3.82 Å². The van der Waals surface area contributed by atoms with E-state index in [0.717, 1.165) is 10.2 Å². The van der Waals surface area contributed by atoms with Gasteiger partial charge in [-0.25, -0.2) is 4.21 Å². The third-order valence-electron chi connectivity index (χ3n) is 0.569. The van der Waals surface area contributed by atoms with Crippen LogP contribution in [0.3, 0.4) is 0 Å². The minimum atomic E-state index is -2.01. The van der Waals surface area contributed by atoms with Gasteiger partial charge < -0.3 is 0 Å². The van der Waals surface area contributed by atoms with Crippen LogP contribution in [0.2, 0.25) is 0 Å². The topological polar surface area (TPSA) is 40.5 Å². The molecule has 1 unspecified atom stereocenters. The summed E-state index contributed by atoms with van der Waals surface area (Å²) < 4.78 is 19.1. The molecule has 0 aliphatic carbocycles. The predicted octanol–water partition coefficient (Wildman–Crippen LogP) is 0.989. The summed E-state index contributed by atoms with van der Waals surface area (Å²) in [7, 11) is 0. The van der Waals surface area contributed by atoms with Gasteiger partial charge in [-0.3, -0.25) is 4.55 Å². The van der Waals surface area contributed by atoms with E-state index < -0.39 is 11.3 Å². The van der Waals surface area contributed by atoms with Gasteiger partial charge in [-0.2, -0.15) is 0 Å². The van der Waals surface area contributed by atoms with Crippen molar-refractivity contribution in [3.8, 4) is 0 Å². The van der Waals surface area contributed by atoms with Gasteiger partial charge in [-0.1, -0.05) is 6.92 Å². The van der Waals surface area contributed by atoms with Gasteiger partial charge in [0.05, 0.1) is 0 Å². The van der Waals surface area contributed by atoms with Crippen LogP contribution >= 0.6 is 11.8 Å². The highest BCUT2D eigenvalue weighted by molar-refractivity contribution is 7.77. The summed E-state index contributed by atoms with van der Waals surface area (Å²) in [5.41, 5.74) is 0. The molecule has 0 aliphatic heterocycles. The van der Waals surface area contributed by atoms with Crippen molar-refractivity contribution in [2.75, 3.05) is 6.54 Å². The Hall–Kier alpha value is 0.360. The number of hydrogen-bond donors (Lipinski definition) is 1. The Balaban J connectivity index is 3.32. The van der Waals surface area contributed by atoms with Crippen LogP contribution < -0.4 is 0 Å². The molecule has 0 bridgehead atoms. The second-order valence-electron chi connectivity index (χ2n) is 1.27. The summed E-state index contributed by atoms with van der Waals surface area (Å²) in [6.45, 7) is 2.31. The zero-order valence-electron chi connectivity index (χ0n) is 4.50. The lowest BCUT2D eigenvalue weighted by Crippen LogP contribution is -2.14. The molecule has 0 aromatic heterocycles. The Morgan fingerprint density at radius 3 is 2.50 bits per heavy atom. The fourth-order valence-electron chi connectivity index (χ4n) is 0.254. The lowest BCUT2D eigenvalue weighted by Gasteiger charge is -2.03. The van der Waals surface area contributed by atoms with E-state index in [2.05, 4.69) is 0 Å². The van der Waals surface area contributed by atoms with Crippen molar-refractivity contribution in [2.45, 2.75) is 13.3 Å². The van der Waals surface area contributed by atoms with Crippen molar-refractivity contribution in [1.29, 1.82) is 0 Å². The first-order valence-electron chi connectivity index (χ1n) is 2.22. The van der Waals surface area contributed by atoms with Gasteiger partial charge in [-0.15, -0.1) is 3.82 Å². The fourth-order valence-corrected chi connectivity index (χ4v) is 0.762. The molecule has 0 rings (SSSR count). The molecule has 5 heteroatoms. The van der Waals surface area contributed by atoms with E-state index in [0.29, 0.717) is 6.54 Å². The average molecular weight is 158 g/mol. The summed E-state index contributed by atoms with van der Waals surface area (Å²) in [5.74, 6) is 0. The molecule has 0 amide bonds. The summed E-state index contributed by atoms with van der Waals surface area (Å²) in [5, 5.41) is 0. The van der Waals surface area contributed by atoms with Crippen LogP contribution in [0, 0.1) is 0 Å². The molecule has 0 saturated heterocycles. The first-order chi connectivity index (χ1) is 3.68. The van der Waals surface area contributed by atoms with Crippen LogP contribution in [0.5, 0.6) is 0 Å². The molecule has 0 aliphatic rings. The van der Waals surface area contributed by atoms with Crippen LogP contribution in [-0.2, 0) is 11.3 Å². The Kier molecular flexibility index (Phi) is 4.45. The molecule has 1 atom stereocenters. The van der Waals surface area contributed by atoms with Gasteiger partial charge in [0.1, 0.15) is 0 Å². The van der Waals surface area contributed by atoms with Gasteiger partial charge in [0, 0.05) is 6.54 Å². The molecule has 0 fully saturated rings. The lowest BCUT2D eigenvalue weighted by molar-refractivity contribution is 0.504. The van der Waals surface area contributed by atoms with E-state index in [1.54, 1.807) is 0 Å². The molecule has 0 radical (unpaired) electrons. The Labute approximate surface area is 56.2 Å². The quantitative estimate of drug-likeness (QED) is 0.490. The maximum absolute atomic E-state index is 9.99. The van der Waals surface area contributed by atoms with Crippen molar-refractivity contribution >= 4 is 23.0 Å². The molecule has 0 saturated carbocycles. The average Bonchev–Trinajstić information content (AvgIpc) is 1.67. The Bertz CT molecular complexity index is 89.4. The smallest absolute Gasteiger partial charge is 0.249 e. The van der Waals surface area contributed by atoms with Crippen LogP contribution in [0.15, 0.2) is 0 Å². The summed E-state index contributed by atoms with van der Waals surface area (Å²) in [6, 6.07) is 0. The zero-order valence-corrected chi connectivity index (χ0v) is 6.08. The second kappa shape index (κ2) is 4.26. The van der Waals surface area contributed by atoms with Crippen molar-refractivity contribution < 1.29 is 8.76 Å². The Morgan fingerprint density at radius 1 is 1.88 bits per heavy atom. The number of hydrogen-bond acceptors (Lipinski definition) is 1. The Morgan fingerprint density at radius 2 is 2.38 bits per heavy atom. The molecule has 1 N–H and O–H groups in total. The van der Waals surface area contributed by atoms with Gasteiger partial charge in [0.25, 0.3) is 0 Å². The minimum Gasteiger partial charge on any atom is -0.293 e. The van der Waals surface area contributed by atoms with Crippen LogP contribution in [0.1, 0.15) is 13.3 Å². The van der Waals surface area contributed by atoms with E-state index >= 15 is 0 Å². The summed E-state index contributed by atoms with van der Waals surface area (Å²) >= 11 is 3.19. The largest absolute Gasteiger partial charge is 0.293 e. The van der Waals surface area contributed by atoms with Crippen LogP contribution in [0.4, 0.5) is 0 Å². The molecular formula is C3H8ClNO2S. The molecule has 0 aromatic carbocycles. The van der Waals surface area contributed by atoms with Crippen molar-refractivity contribution in [3.05, 3.63) is 0 Å². The predicted molar refractivity (Wildman–Crippen MR) is 33.6 cm³/mol. The number of nitrogens with zero attached hydrogens (tertiary/aromatic N) is 1. The van der Waals surface area contributed by atoms with E-state index in [4.69, 9.17) is 16.3 Å². The summed E-state index contributed by atoms with van der Waals surface area (Å²) in [6.07, 6.45) is 0.774. The number of halogens is 1. The van der Waals surface area contributed by atoms with Crippen LogP contribution in [0.25, 0.3) is 0 Å². The standard InChI is InChI=1S/C3H8ClNO2S/c1-2-3-5(4)8(6)7/h2-3H2,1H3,(H,6,7). The minimum absolute atomic E-state index is 0.435. The van der Waals surface area contributed by atoms with Gasteiger partial charge in [0.15, 0.2) is 0 Å². The highest BCUT2D eigenvalue weighted by Crippen LogP contribution is 1.97. The molecule has 0 aromatic rings. The van der Waals surface area contributed by atoms with E-state index in [1.165, 1.54) is 0 Å². The molecule has 50 valence electrons. The highest BCUT2D eigenvalue weighted by Gasteiger charge is 2.02. The normalized spacial score (nSPS) is 14.5. The van der Waals surface area contributed by atoms with Gasteiger partial charge >= 0.3 is 0 Å². The molecule has 0 spiro atoms. The van der Waals surface area contributed by atoms with E-state index in [9.17, 15) is 4.21 Å². The van der Waals surface area contributed by atoms with E-state index in [1.807, 2.05) is 6.92 Å². The fraction of sp³-hybridized carbons (Fsp3) is 1.00.